The van der Waals surface area contributed by atoms with Crippen LogP contribution in [0, 0.1) is 11.3 Å². The molecule has 7 heteroatoms. The molecule has 1 rings (SSSR count). The molecule has 0 aromatic rings. The monoisotopic (exact) mass is 228 g/mol. The van der Waals surface area contributed by atoms with Gasteiger partial charge >= 0.3 is 5.97 Å². The van der Waals surface area contributed by atoms with Crippen molar-refractivity contribution in [2.45, 2.75) is 11.7 Å². The van der Waals surface area contributed by atoms with Crippen LogP contribution in [0.1, 0.15) is 6.42 Å². The molecule has 1 aliphatic heterocycles. The normalized spacial score (nSPS) is 20.9. The minimum absolute atomic E-state index is 0.174. The minimum atomic E-state index is -1.25. The third-order valence-electron chi connectivity index (χ3n) is 1.85. The number of aliphatic carboxylic acids is 1. The van der Waals surface area contributed by atoms with Crippen LogP contribution in [0.3, 0.4) is 0 Å². The number of hydrogen-bond donors (Lipinski definition) is 1. The molecule has 1 saturated heterocycles. The van der Waals surface area contributed by atoms with Crippen molar-refractivity contribution in [1.82, 2.24) is 4.90 Å². The molecular weight excluding hydrogens is 220 g/mol. The summed E-state index contributed by atoms with van der Waals surface area (Å²) in [6.07, 6.45) is -0.400. The molecule has 80 valence electrons. The molecule has 1 atom stereocenters. The molecule has 1 unspecified atom stereocenters. The lowest BCUT2D eigenvalue weighted by Gasteiger charge is -2.27. The molecular formula is C8H8N2O4S. The van der Waals surface area contributed by atoms with Gasteiger partial charge in [-0.1, -0.05) is 0 Å². The Morgan fingerprint density at radius 3 is 2.87 bits per heavy atom. The Morgan fingerprint density at radius 2 is 2.33 bits per heavy atom. The summed E-state index contributed by atoms with van der Waals surface area (Å²) in [6.45, 7) is 0.174. The Labute approximate surface area is 89.8 Å². The van der Waals surface area contributed by atoms with Crippen LogP contribution in [-0.4, -0.2) is 45.3 Å². The molecule has 0 bridgehead atoms. The number of hydrogen-bond acceptors (Lipinski definition) is 5. The number of carbonyl (C=O) groups is 3. The number of amides is 2. The third-order valence-corrected chi connectivity index (χ3v) is 3.00. The van der Waals surface area contributed by atoms with E-state index in [4.69, 9.17) is 10.4 Å². The van der Waals surface area contributed by atoms with Gasteiger partial charge in [0, 0.05) is 12.3 Å². The van der Waals surface area contributed by atoms with Crippen molar-refractivity contribution in [2.75, 3.05) is 12.3 Å². The van der Waals surface area contributed by atoms with Gasteiger partial charge in [-0.25, -0.2) is 0 Å². The first-order valence-corrected chi connectivity index (χ1v) is 5.18. The van der Waals surface area contributed by atoms with Crippen molar-refractivity contribution in [2.24, 2.45) is 0 Å². The average molecular weight is 228 g/mol. The molecule has 1 fully saturated rings. The number of imide groups is 1. The standard InChI is InChI=1S/C8H8N2O4S/c9-2-1-5(11)10-3-4-15-6(7(10)12)8(13)14/h6H,1,3-4H2,(H,13,14). The smallest absolute Gasteiger partial charge is 0.326 e. The molecule has 1 N–H and O–H groups in total. The highest BCUT2D eigenvalue weighted by molar-refractivity contribution is 8.01. The third kappa shape index (κ3) is 2.47. The van der Waals surface area contributed by atoms with Gasteiger partial charge in [0.2, 0.25) is 5.91 Å². The van der Waals surface area contributed by atoms with Crippen LogP contribution in [0.25, 0.3) is 0 Å². The van der Waals surface area contributed by atoms with Gasteiger partial charge in [-0.3, -0.25) is 19.3 Å². The second-order valence-corrected chi connectivity index (χ2v) is 4.02. The highest BCUT2D eigenvalue weighted by Crippen LogP contribution is 2.20. The van der Waals surface area contributed by atoms with Gasteiger partial charge in [-0.2, -0.15) is 5.26 Å². The summed E-state index contributed by atoms with van der Waals surface area (Å²) >= 11 is 0.993. The number of carbonyl (C=O) groups excluding carboxylic acids is 2. The van der Waals surface area contributed by atoms with Gasteiger partial charge in [-0.15, -0.1) is 11.8 Å². The van der Waals surface area contributed by atoms with Crippen molar-refractivity contribution < 1.29 is 19.5 Å². The van der Waals surface area contributed by atoms with E-state index in [0.29, 0.717) is 5.75 Å². The lowest BCUT2D eigenvalue weighted by Crippen LogP contribution is -2.49. The first-order valence-electron chi connectivity index (χ1n) is 4.13. The summed E-state index contributed by atoms with van der Waals surface area (Å²) in [7, 11) is 0. The van der Waals surface area contributed by atoms with Crippen LogP contribution in [0.4, 0.5) is 0 Å². The molecule has 0 spiro atoms. The number of carboxylic acids is 1. The molecule has 0 aromatic carbocycles. The van der Waals surface area contributed by atoms with E-state index in [-0.39, 0.29) is 6.54 Å². The predicted octanol–water partition coefficient (Wildman–Crippen LogP) is -0.545. The lowest BCUT2D eigenvalue weighted by molar-refractivity contribution is -0.148. The van der Waals surface area contributed by atoms with Crippen molar-refractivity contribution >= 4 is 29.5 Å². The fourth-order valence-corrected chi connectivity index (χ4v) is 2.11. The highest BCUT2D eigenvalue weighted by atomic mass is 32.2. The molecule has 0 saturated carbocycles. The van der Waals surface area contributed by atoms with E-state index in [0.717, 1.165) is 16.7 Å². The fraction of sp³-hybridized carbons (Fsp3) is 0.500. The molecule has 2 amide bonds. The van der Waals surface area contributed by atoms with Crippen molar-refractivity contribution in [3.8, 4) is 6.07 Å². The van der Waals surface area contributed by atoms with Crippen LogP contribution in [0.2, 0.25) is 0 Å². The van der Waals surface area contributed by atoms with E-state index in [2.05, 4.69) is 0 Å². The Hall–Kier alpha value is -1.55. The van der Waals surface area contributed by atoms with Crippen LogP contribution in [0.15, 0.2) is 0 Å². The second-order valence-electron chi connectivity index (χ2n) is 2.81. The molecule has 6 nitrogen and oxygen atoms in total. The Bertz CT molecular complexity index is 349. The first-order chi connectivity index (χ1) is 7.07. The van der Waals surface area contributed by atoms with Crippen LogP contribution in [-0.2, 0) is 14.4 Å². The quantitative estimate of drug-likeness (QED) is 0.637. The maximum absolute atomic E-state index is 11.5. The zero-order valence-corrected chi connectivity index (χ0v) is 8.49. The maximum Gasteiger partial charge on any atom is 0.326 e. The van der Waals surface area contributed by atoms with Gasteiger partial charge < -0.3 is 5.11 Å². The average Bonchev–Trinajstić information content (AvgIpc) is 2.17. The largest absolute Gasteiger partial charge is 0.480 e. The van der Waals surface area contributed by atoms with Crippen LogP contribution >= 0.6 is 11.8 Å². The predicted molar refractivity (Wildman–Crippen MR) is 50.8 cm³/mol. The van der Waals surface area contributed by atoms with E-state index in [1.165, 1.54) is 0 Å². The summed E-state index contributed by atoms with van der Waals surface area (Å²) in [4.78, 5) is 34.2. The van der Waals surface area contributed by atoms with Gasteiger partial charge in [0.1, 0.15) is 6.42 Å². The van der Waals surface area contributed by atoms with Gasteiger partial charge in [0.15, 0.2) is 5.25 Å². The molecule has 1 heterocycles. The maximum atomic E-state index is 11.5. The number of nitrogens with zero attached hydrogens (tertiary/aromatic N) is 2. The molecule has 1 aliphatic rings. The van der Waals surface area contributed by atoms with E-state index in [1.54, 1.807) is 6.07 Å². The number of thioether (sulfide) groups is 1. The Kier molecular flexibility index (Phi) is 3.68. The number of rotatable bonds is 2. The molecule has 0 aliphatic carbocycles. The summed E-state index contributed by atoms with van der Waals surface area (Å²) < 4.78 is 0. The SMILES string of the molecule is N#CCC(=O)N1CCSC(C(=O)O)C1=O. The van der Waals surface area contributed by atoms with Gasteiger partial charge in [0.05, 0.1) is 6.07 Å². The van der Waals surface area contributed by atoms with Crippen LogP contribution < -0.4 is 0 Å². The zero-order chi connectivity index (χ0) is 11.4. The number of carboxylic acid groups (broad SMARTS) is 1. The van der Waals surface area contributed by atoms with E-state index in [9.17, 15) is 14.4 Å². The summed E-state index contributed by atoms with van der Waals surface area (Å²) in [5.41, 5.74) is 0. The van der Waals surface area contributed by atoms with Crippen molar-refractivity contribution in [3.05, 3.63) is 0 Å². The summed E-state index contributed by atoms with van der Waals surface area (Å²) in [5.74, 6) is -2.23. The van der Waals surface area contributed by atoms with Crippen molar-refractivity contribution in [3.63, 3.8) is 0 Å². The summed E-state index contributed by atoms with van der Waals surface area (Å²) in [5, 5.41) is 15.8. The highest BCUT2D eigenvalue weighted by Gasteiger charge is 2.37. The lowest BCUT2D eigenvalue weighted by atomic mass is 10.3. The Morgan fingerprint density at radius 1 is 1.67 bits per heavy atom. The Balaban J connectivity index is 2.76. The molecule has 15 heavy (non-hydrogen) atoms. The number of nitriles is 1. The second kappa shape index (κ2) is 4.79. The van der Waals surface area contributed by atoms with E-state index < -0.39 is 29.5 Å². The minimum Gasteiger partial charge on any atom is -0.480 e. The fourth-order valence-electron chi connectivity index (χ4n) is 1.17. The van der Waals surface area contributed by atoms with Crippen LogP contribution in [0.5, 0.6) is 0 Å². The topological polar surface area (TPSA) is 98.5 Å². The first kappa shape index (κ1) is 11.5. The van der Waals surface area contributed by atoms with E-state index >= 15 is 0 Å². The zero-order valence-electron chi connectivity index (χ0n) is 7.67. The summed E-state index contributed by atoms with van der Waals surface area (Å²) in [6, 6.07) is 1.63. The van der Waals surface area contributed by atoms with Gasteiger partial charge in [0.25, 0.3) is 5.91 Å². The van der Waals surface area contributed by atoms with E-state index in [1.807, 2.05) is 0 Å². The van der Waals surface area contributed by atoms with Gasteiger partial charge in [-0.05, 0) is 0 Å². The molecule has 0 radical (unpaired) electrons. The van der Waals surface area contributed by atoms with Crippen molar-refractivity contribution in [1.29, 1.82) is 5.26 Å². The molecule has 0 aromatic heterocycles.